The van der Waals surface area contributed by atoms with E-state index in [1.807, 2.05) is 21.1 Å². The summed E-state index contributed by atoms with van der Waals surface area (Å²) in [5, 5.41) is 9.74. The monoisotopic (exact) mass is 1150 g/mol. The summed E-state index contributed by atoms with van der Waals surface area (Å²) in [6, 6.07) is 0. The lowest BCUT2D eigenvalue weighted by atomic mass is 10.0. The molecule has 0 aliphatic heterocycles. The van der Waals surface area contributed by atoms with Gasteiger partial charge in [-0.25, -0.2) is 4.79 Å². The van der Waals surface area contributed by atoms with E-state index in [9.17, 15) is 19.5 Å². The highest BCUT2D eigenvalue weighted by molar-refractivity contribution is 5.71. The Labute approximate surface area is 509 Å². The van der Waals surface area contributed by atoms with Gasteiger partial charge in [-0.15, -0.1) is 0 Å². The van der Waals surface area contributed by atoms with Gasteiger partial charge in [0.05, 0.1) is 34.4 Å². The predicted octanol–water partition coefficient (Wildman–Crippen LogP) is 20.6. The van der Waals surface area contributed by atoms with E-state index >= 15 is 0 Å². The first-order valence-electron chi connectivity index (χ1n) is 33.3. The molecular weight excluding hydrogens is 1030 g/mol. The van der Waals surface area contributed by atoms with Crippen LogP contribution in [0.2, 0.25) is 0 Å². The summed E-state index contributed by atoms with van der Waals surface area (Å²) in [4.78, 5) is 37.6. The number of carbonyl (C=O) groups is 3. The van der Waals surface area contributed by atoms with E-state index in [1.165, 1.54) is 116 Å². The molecule has 0 fully saturated rings. The lowest BCUT2D eigenvalue weighted by molar-refractivity contribution is -0.870. The molecule has 0 aliphatic carbocycles. The minimum Gasteiger partial charge on any atom is -0.477 e. The molecule has 0 heterocycles. The molecule has 0 aromatic heterocycles. The van der Waals surface area contributed by atoms with Crippen molar-refractivity contribution in [1.82, 2.24) is 0 Å². The van der Waals surface area contributed by atoms with Crippen LogP contribution in [-0.4, -0.2) is 87.4 Å². The van der Waals surface area contributed by atoms with E-state index in [2.05, 4.69) is 148 Å². The van der Waals surface area contributed by atoms with Crippen LogP contribution in [0.3, 0.4) is 0 Å². The van der Waals surface area contributed by atoms with E-state index < -0.39 is 24.3 Å². The van der Waals surface area contributed by atoms with Gasteiger partial charge in [-0.05, 0) is 109 Å². The minimum atomic E-state index is -1.52. The number of carboxylic acids is 1. The van der Waals surface area contributed by atoms with Crippen molar-refractivity contribution in [2.45, 2.75) is 270 Å². The summed E-state index contributed by atoms with van der Waals surface area (Å²) >= 11 is 0. The van der Waals surface area contributed by atoms with Crippen molar-refractivity contribution < 1.29 is 42.9 Å². The molecule has 0 radical (unpaired) electrons. The quantitative estimate of drug-likeness (QED) is 0.0211. The van der Waals surface area contributed by atoms with E-state index in [0.29, 0.717) is 23.9 Å². The van der Waals surface area contributed by atoms with Crippen molar-refractivity contribution in [2.24, 2.45) is 0 Å². The third kappa shape index (κ3) is 64.8. The molecule has 0 bridgehead atoms. The Morgan fingerprint density at radius 2 is 0.651 bits per heavy atom. The van der Waals surface area contributed by atoms with Crippen molar-refractivity contribution in [1.29, 1.82) is 0 Å². The molecule has 0 aromatic carbocycles. The van der Waals surface area contributed by atoms with Gasteiger partial charge in [0.2, 0.25) is 0 Å². The highest BCUT2D eigenvalue weighted by atomic mass is 16.7. The van der Waals surface area contributed by atoms with Crippen LogP contribution in [0.25, 0.3) is 0 Å². The van der Waals surface area contributed by atoms with Gasteiger partial charge >= 0.3 is 17.9 Å². The van der Waals surface area contributed by atoms with Crippen molar-refractivity contribution >= 4 is 17.9 Å². The van der Waals surface area contributed by atoms with Crippen molar-refractivity contribution in [3.63, 3.8) is 0 Å². The molecule has 472 valence electrons. The summed E-state index contributed by atoms with van der Waals surface area (Å²) in [6.45, 7) is 4.65. The van der Waals surface area contributed by atoms with Crippen LogP contribution < -0.4 is 0 Å². The van der Waals surface area contributed by atoms with E-state index in [0.717, 1.165) is 109 Å². The first kappa shape index (κ1) is 78.4. The van der Waals surface area contributed by atoms with Crippen molar-refractivity contribution in [3.8, 4) is 0 Å². The Morgan fingerprint density at radius 3 is 0.964 bits per heavy atom. The van der Waals surface area contributed by atoms with Crippen LogP contribution in [-0.2, 0) is 33.3 Å². The largest absolute Gasteiger partial charge is 0.477 e. The number of unbranched alkanes of at least 4 members (excludes halogenated alkanes) is 23. The first-order chi connectivity index (χ1) is 40.6. The molecule has 0 spiro atoms. The zero-order valence-electron chi connectivity index (χ0n) is 53.8. The Morgan fingerprint density at radius 1 is 0.361 bits per heavy atom. The fourth-order valence-electron chi connectivity index (χ4n) is 8.87. The van der Waals surface area contributed by atoms with Gasteiger partial charge in [-0.1, -0.05) is 270 Å². The predicted molar refractivity (Wildman–Crippen MR) is 354 cm³/mol. The molecule has 0 saturated carbocycles. The molecule has 0 saturated heterocycles. The molecule has 2 unspecified atom stereocenters. The number of carboxylic acid groups (broad SMARTS) is 1. The van der Waals surface area contributed by atoms with Crippen molar-refractivity contribution in [3.05, 3.63) is 134 Å². The topological polar surface area (TPSA) is 108 Å². The van der Waals surface area contributed by atoms with E-state index in [-0.39, 0.29) is 32.2 Å². The molecule has 9 heteroatoms. The molecule has 0 aromatic rings. The lowest BCUT2D eigenvalue weighted by Gasteiger charge is -2.25. The zero-order chi connectivity index (χ0) is 60.5. The molecule has 9 nitrogen and oxygen atoms in total. The van der Waals surface area contributed by atoms with Crippen LogP contribution in [0.4, 0.5) is 0 Å². The van der Waals surface area contributed by atoms with E-state index in [1.54, 1.807) is 0 Å². The molecule has 2 atom stereocenters. The maximum atomic E-state index is 12.9. The average molecular weight is 1160 g/mol. The Bertz CT molecular complexity index is 1820. The number of carbonyl (C=O) groups excluding carboxylic acids is 2. The number of allylic oxidation sites excluding steroid dienone is 22. The number of nitrogens with zero attached hydrogens (tertiary/aromatic N) is 1. The van der Waals surface area contributed by atoms with Crippen molar-refractivity contribution in [2.75, 3.05) is 47.5 Å². The maximum Gasteiger partial charge on any atom is 0.361 e. The second-order valence-electron chi connectivity index (χ2n) is 23.0. The van der Waals surface area contributed by atoms with Gasteiger partial charge in [-0.2, -0.15) is 0 Å². The number of quaternary nitrogens is 1. The summed E-state index contributed by atoms with van der Waals surface area (Å²) < 4.78 is 23.0. The molecular formula is C74H124NO8+. The zero-order valence-corrected chi connectivity index (χ0v) is 53.8. The second kappa shape index (κ2) is 63.5. The third-order valence-electron chi connectivity index (χ3n) is 13.9. The molecule has 1 N–H and O–H groups in total. The van der Waals surface area contributed by atoms with Gasteiger partial charge in [0.1, 0.15) is 13.2 Å². The molecule has 83 heavy (non-hydrogen) atoms. The van der Waals surface area contributed by atoms with Gasteiger partial charge < -0.3 is 28.5 Å². The Kier molecular flexibility index (Phi) is 60.0. The van der Waals surface area contributed by atoms with E-state index in [4.69, 9.17) is 18.9 Å². The third-order valence-corrected chi connectivity index (χ3v) is 13.9. The smallest absolute Gasteiger partial charge is 0.361 e. The second-order valence-corrected chi connectivity index (χ2v) is 23.0. The molecule has 0 aliphatic rings. The average Bonchev–Trinajstić information content (AvgIpc) is 3.46. The van der Waals surface area contributed by atoms with Crippen LogP contribution >= 0.6 is 0 Å². The fourth-order valence-corrected chi connectivity index (χ4v) is 8.87. The highest BCUT2D eigenvalue weighted by Crippen LogP contribution is 2.16. The Balaban J connectivity index is 4.19. The summed E-state index contributed by atoms with van der Waals surface area (Å²) in [5.41, 5.74) is 0. The van der Waals surface area contributed by atoms with Gasteiger partial charge in [0.15, 0.2) is 6.10 Å². The fraction of sp³-hybridized carbons (Fsp3) is 0.662. The number of likely N-dealkylation sites (N-methyl/N-ethyl adjacent to an activating group) is 1. The van der Waals surface area contributed by atoms with Crippen LogP contribution in [0.5, 0.6) is 0 Å². The summed E-state index contributed by atoms with van der Waals surface area (Å²) in [5.74, 6) is -2.02. The van der Waals surface area contributed by atoms with Crippen LogP contribution in [0.1, 0.15) is 258 Å². The molecule has 0 rings (SSSR count). The minimum absolute atomic E-state index is 0.181. The lowest BCUT2D eigenvalue weighted by Crippen LogP contribution is -2.40. The number of esters is 2. The van der Waals surface area contributed by atoms with Gasteiger partial charge in [0.25, 0.3) is 6.29 Å². The number of aliphatic carboxylic acids is 1. The SMILES string of the molecule is CC/C=C\C/C=C\C/C=C\C/C=C\C/C=C\C/C=C\CCCCCCCCCCCCCCC(=O)OC(COC(=O)CCCCCCCCCCCCC/C=C\C/C=C\C/C=C\C/C=C\C/C=C\CC)COC(OCC[N+](C)(C)C)C(=O)O. The highest BCUT2D eigenvalue weighted by Gasteiger charge is 2.25. The first-order valence-corrected chi connectivity index (χ1v) is 33.3. The number of rotatable bonds is 60. The number of hydrogen-bond donors (Lipinski definition) is 1. The summed E-state index contributed by atoms with van der Waals surface area (Å²) in [7, 11) is 5.97. The normalized spacial score (nSPS) is 13.6. The number of hydrogen-bond acceptors (Lipinski definition) is 7. The Hall–Kier alpha value is -4.57. The standard InChI is InChI=1S/C74H123NO8/c1-6-8-10-12-14-16-18-20-22-24-26-28-30-32-34-35-36-37-39-41-43-45-47-49-51-53-55-57-59-61-63-65-72(77)83-70(69-82-74(73(78)79)80-67-66-75(3,4)5)68-81-71(76)64-62-60-58-56-54-52-50-48-46-44-42-40-38-33-31-29-27-25-23-21-19-17-15-13-11-9-7-2/h8-11,14-17,20-23,26-29,32-34,36-38,70,74H,6-7,12-13,18-19,24-25,30-31,35,39-69H2,1-5H3/p+1/b10-8-,11-9-,16-14-,17-15-,22-20-,23-21-,28-26-,29-27-,34-32-,37-36-,38-33-. The number of ether oxygens (including phenoxy) is 4. The van der Waals surface area contributed by atoms with Gasteiger partial charge in [-0.3, -0.25) is 9.59 Å². The van der Waals surface area contributed by atoms with Gasteiger partial charge in [0, 0.05) is 12.8 Å². The summed E-state index contributed by atoms with van der Waals surface area (Å²) in [6.07, 6.45) is 88.3. The van der Waals surface area contributed by atoms with Crippen LogP contribution in [0.15, 0.2) is 134 Å². The molecule has 0 amide bonds. The van der Waals surface area contributed by atoms with Crippen LogP contribution in [0, 0.1) is 0 Å². The maximum absolute atomic E-state index is 12.9.